The van der Waals surface area contributed by atoms with Gasteiger partial charge in [0.1, 0.15) is 41.1 Å². The minimum Gasteiger partial charge on any atom is -0.496 e. The maximum Gasteiger partial charge on any atom is 0.270 e. The molecule has 18 heteroatoms. The van der Waals surface area contributed by atoms with Gasteiger partial charge in [0, 0.05) is 75.9 Å². The molecule has 5 N–H and O–H groups in total. The molecule has 1 unspecified atom stereocenters. The number of halogens is 1. The lowest BCUT2D eigenvalue weighted by molar-refractivity contribution is -0.134. The number of nitrogen functional groups attached to an aromatic ring is 1. The molecule has 63 heavy (non-hydrogen) atoms. The second-order valence-corrected chi connectivity index (χ2v) is 15.9. The van der Waals surface area contributed by atoms with Crippen LogP contribution in [0.15, 0.2) is 91.4 Å². The monoisotopic (exact) mass is 852 g/mol. The Bertz CT molecular complexity index is 2680. The maximum atomic E-state index is 13.8. The Balaban J connectivity index is 0.770. The van der Waals surface area contributed by atoms with Crippen LogP contribution in [0.25, 0.3) is 28.0 Å². The molecule has 3 saturated heterocycles. The van der Waals surface area contributed by atoms with Crippen molar-refractivity contribution in [2.24, 2.45) is 5.92 Å². The van der Waals surface area contributed by atoms with Crippen LogP contribution in [0.4, 0.5) is 21.6 Å². The number of fused-ring (bicyclic) bond motifs is 1. The molecule has 322 valence electrons. The standard InChI is InChI=1S/C45H45FN12O5/c1-63-37-14-6-30(46)20-34(37)43(60)49-21-27-2-4-29(5-3-27)40-39-41(47)50-26-51-42(39)58(54-40)32-9-7-31(8-10-32)57-24-28(25-57)23-55-16-18-56(19-17-55)33-11-12-35(48-22-33)44(61)52-36-13-15-38(59)53-45(36)62/h2-12,14,20,22,26,28,36H,13,15-19,21,23-25H2,1H3,(H,49,60)(H,52,61)(H2,47,50,51)(H,53,59,62). The van der Waals surface area contributed by atoms with Crippen LogP contribution in [0.3, 0.4) is 0 Å². The summed E-state index contributed by atoms with van der Waals surface area (Å²) in [5.41, 5.74) is 12.5. The molecule has 9 rings (SSSR count). The van der Waals surface area contributed by atoms with Gasteiger partial charge in [-0.3, -0.25) is 29.4 Å². The molecule has 3 fully saturated rings. The Morgan fingerprint density at radius 1 is 0.873 bits per heavy atom. The summed E-state index contributed by atoms with van der Waals surface area (Å²) in [6.45, 7) is 6.71. The maximum absolute atomic E-state index is 13.8. The van der Waals surface area contributed by atoms with Gasteiger partial charge in [0.25, 0.3) is 11.8 Å². The van der Waals surface area contributed by atoms with Gasteiger partial charge in [0.2, 0.25) is 11.8 Å². The number of hydrogen-bond acceptors (Lipinski definition) is 13. The summed E-state index contributed by atoms with van der Waals surface area (Å²) >= 11 is 0. The molecule has 4 amide bonds. The molecule has 0 bridgehead atoms. The molecular formula is C45H45FN12O5. The largest absolute Gasteiger partial charge is 0.496 e. The third-order valence-corrected chi connectivity index (χ3v) is 11.8. The first-order chi connectivity index (χ1) is 30.6. The number of hydrogen-bond donors (Lipinski definition) is 4. The van der Waals surface area contributed by atoms with Crippen molar-refractivity contribution in [3.05, 3.63) is 114 Å². The van der Waals surface area contributed by atoms with E-state index in [0.29, 0.717) is 28.5 Å². The lowest BCUT2D eigenvalue weighted by Crippen LogP contribution is -2.55. The molecular weight excluding hydrogens is 808 g/mol. The zero-order chi connectivity index (χ0) is 43.6. The van der Waals surface area contributed by atoms with E-state index in [0.717, 1.165) is 80.1 Å². The third kappa shape index (κ3) is 8.70. The zero-order valence-corrected chi connectivity index (χ0v) is 34.5. The van der Waals surface area contributed by atoms with Gasteiger partial charge in [-0.05, 0) is 66.6 Å². The Hall–Kier alpha value is -7.47. The smallest absolute Gasteiger partial charge is 0.270 e. The van der Waals surface area contributed by atoms with E-state index in [9.17, 15) is 23.6 Å². The van der Waals surface area contributed by atoms with Crippen LogP contribution in [0.1, 0.15) is 39.3 Å². The highest BCUT2D eigenvalue weighted by Crippen LogP contribution is 2.33. The van der Waals surface area contributed by atoms with Gasteiger partial charge in [-0.1, -0.05) is 24.3 Å². The van der Waals surface area contributed by atoms with Crippen molar-refractivity contribution in [2.45, 2.75) is 25.4 Å². The number of nitrogens with two attached hydrogens (primary N) is 1. The summed E-state index contributed by atoms with van der Waals surface area (Å²) < 4.78 is 20.8. The number of rotatable bonds is 12. The second-order valence-electron chi connectivity index (χ2n) is 15.9. The van der Waals surface area contributed by atoms with Crippen molar-refractivity contribution in [1.29, 1.82) is 0 Å². The molecule has 3 aliphatic rings. The summed E-state index contributed by atoms with van der Waals surface area (Å²) in [6, 6.07) is 22.5. The number of imide groups is 1. The number of amides is 4. The number of methoxy groups -OCH3 is 1. The summed E-state index contributed by atoms with van der Waals surface area (Å²) in [5.74, 6) is -1.08. The van der Waals surface area contributed by atoms with Crippen molar-refractivity contribution in [1.82, 2.24) is 45.6 Å². The van der Waals surface area contributed by atoms with Gasteiger partial charge >= 0.3 is 0 Å². The van der Waals surface area contributed by atoms with E-state index in [1.807, 2.05) is 42.5 Å². The van der Waals surface area contributed by atoms with Gasteiger partial charge < -0.3 is 30.9 Å². The average Bonchev–Trinajstić information content (AvgIpc) is 3.69. The predicted molar refractivity (Wildman–Crippen MR) is 233 cm³/mol. The fraction of sp³-hybridized carbons (Fsp3) is 0.289. The third-order valence-electron chi connectivity index (χ3n) is 11.8. The van der Waals surface area contributed by atoms with Crippen molar-refractivity contribution in [2.75, 3.05) is 68.5 Å². The fourth-order valence-electron chi connectivity index (χ4n) is 8.30. The number of piperidine rings is 1. The molecule has 0 spiro atoms. The Morgan fingerprint density at radius 2 is 1.62 bits per heavy atom. The van der Waals surface area contributed by atoms with Crippen molar-refractivity contribution in [3.8, 4) is 22.7 Å². The van der Waals surface area contributed by atoms with Crippen LogP contribution in [0.2, 0.25) is 0 Å². The number of pyridine rings is 1. The summed E-state index contributed by atoms with van der Waals surface area (Å²) in [4.78, 5) is 69.2. The van der Waals surface area contributed by atoms with Crippen molar-refractivity contribution >= 4 is 51.9 Å². The summed E-state index contributed by atoms with van der Waals surface area (Å²) in [7, 11) is 1.43. The number of benzene rings is 3. The van der Waals surface area contributed by atoms with Crippen LogP contribution in [-0.2, 0) is 16.1 Å². The second kappa shape index (κ2) is 17.5. The Kier molecular flexibility index (Phi) is 11.4. The highest BCUT2D eigenvalue weighted by molar-refractivity contribution is 6.03. The predicted octanol–water partition coefficient (Wildman–Crippen LogP) is 3.33. The van der Waals surface area contributed by atoms with Gasteiger partial charge in [-0.15, -0.1) is 0 Å². The first-order valence-corrected chi connectivity index (χ1v) is 20.7. The van der Waals surface area contributed by atoms with E-state index in [1.54, 1.807) is 16.9 Å². The molecule has 3 aliphatic heterocycles. The van der Waals surface area contributed by atoms with E-state index >= 15 is 0 Å². The first kappa shape index (κ1) is 40.9. The van der Waals surface area contributed by atoms with Crippen LogP contribution in [0, 0.1) is 11.7 Å². The lowest BCUT2D eigenvalue weighted by atomic mass is 9.98. The normalized spacial score (nSPS) is 17.0. The molecule has 17 nitrogen and oxygen atoms in total. The Morgan fingerprint density at radius 3 is 2.33 bits per heavy atom. The summed E-state index contributed by atoms with van der Waals surface area (Å²) in [6.07, 6.45) is 3.59. The van der Waals surface area contributed by atoms with E-state index in [-0.39, 0.29) is 42.3 Å². The molecule has 0 aliphatic carbocycles. The lowest BCUT2D eigenvalue weighted by Gasteiger charge is -2.45. The highest BCUT2D eigenvalue weighted by Gasteiger charge is 2.31. The molecule has 0 radical (unpaired) electrons. The van der Waals surface area contributed by atoms with Crippen molar-refractivity contribution in [3.63, 3.8) is 0 Å². The van der Waals surface area contributed by atoms with E-state index < -0.39 is 29.6 Å². The van der Waals surface area contributed by atoms with E-state index in [1.165, 1.54) is 25.6 Å². The number of anilines is 3. The number of carbonyl (C=O) groups excluding carboxylic acids is 4. The fourth-order valence-corrected chi connectivity index (χ4v) is 8.30. The zero-order valence-electron chi connectivity index (χ0n) is 34.5. The number of piperazine rings is 1. The van der Waals surface area contributed by atoms with Gasteiger partial charge in [-0.25, -0.2) is 24.0 Å². The van der Waals surface area contributed by atoms with E-state index in [2.05, 4.69) is 57.7 Å². The number of carbonyl (C=O) groups is 4. The minimum absolute atomic E-state index is 0.119. The first-order valence-electron chi connectivity index (χ1n) is 20.7. The van der Waals surface area contributed by atoms with Crippen LogP contribution >= 0.6 is 0 Å². The molecule has 3 aromatic heterocycles. The highest BCUT2D eigenvalue weighted by atomic mass is 19.1. The topological polar surface area (TPSA) is 206 Å². The average molecular weight is 853 g/mol. The van der Waals surface area contributed by atoms with Crippen LogP contribution in [-0.4, -0.2) is 112 Å². The van der Waals surface area contributed by atoms with Gasteiger partial charge in [0.05, 0.1) is 35.6 Å². The number of ether oxygens (including phenoxy) is 1. The number of nitrogens with zero attached hydrogens (tertiary/aromatic N) is 8. The minimum atomic E-state index is -0.744. The Labute approximate surface area is 361 Å². The van der Waals surface area contributed by atoms with Crippen LogP contribution in [0.5, 0.6) is 5.75 Å². The van der Waals surface area contributed by atoms with E-state index in [4.69, 9.17) is 15.6 Å². The number of aromatic nitrogens is 5. The molecule has 6 aromatic rings. The van der Waals surface area contributed by atoms with Crippen LogP contribution < -0.4 is 36.2 Å². The molecule has 0 saturated carbocycles. The molecule has 1 atom stereocenters. The number of nitrogens with one attached hydrogen (secondary N) is 3. The van der Waals surface area contributed by atoms with Gasteiger partial charge in [0.15, 0.2) is 5.65 Å². The van der Waals surface area contributed by atoms with Gasteiger partial charge in [-0.2, -0.15) is 5.10 Å². The SMILES string of the molecule is COc1ccc(F)cc1C(=O)NCc1ccc(-c2nn(-c3ccc(N4CC(CN5CCN(c6ccc(C(=O)NC7CCC(=O)NC7=O)nc6)CC5)C4)cc3)c3ncnc(N)c23)cc1. The summed E-state index contributed by atoms with van der Waals surface area (Å²) in [5, 5.41) is 13.3. The molecule has 3 aromatic carbocycles. The quantitative estimate of drug-likeness (QED) is 0.131. The molecule has 6 heterocycles. The van der Waals surface area contributed by atoms with Crippen molar-refractivity contribution < 1.29 is 28.3 Å².